The molecule has 4 nitrogen and oxygen atoms in total. The monoisotopic (exact) mass is 299 g/mol. The van der Waals surface area contributed by atoms with Crippen LogP contribution in [0.2, 0.25) is 0 Å². The van der Waals surface area contributed by atoms with Gasteiger partial charge in [0.15, 0.2) is 0 Å². The van der Waals surface area contributed by atoms with Gasteiger partial charge in [0.2, 0.25) is 0 Å². The summed E-state index contributed by atoms with van der Waals surface area (Å²) in [6.45, 7) is 4.75. The summed E-state index contributed by atoms with van der Waals surface area (Å²) in [5.74, 6) is 0.786. The smallest absolute Gasteiger partial charge is 0.138 e. The lowest BCUT2D eigenvalue weighted by molar-refractivity contribution is 0.311. The third kappa shape index (κ3) is 2.62. The Morgan fingerprint density at radius 2 is 1.90 bits per heavy atom. The van der Waals surface area contributed by atoms with Gasteiger partial charge in [-0.15, -0.1) is 11.3 Å². The Balaban J connectivity index is 2.21. The van der Waals surface area contributed by atoms with Gasteiger partial charge in [-0.25, -0.2) is 9.97 Å². The molecule has 0 aliphatic rings. The molecule has 0 saturated heterocycles. The normalized spacial score (nSPS) is 11.0. The molecule has 5 heteroatoms. The number of hydrogen-bond acceptors (Lipinski definition) is 5. The Kier molecular flexibility index (Phi) is 3.86. The molecule has 3 rings (SSSR count). The fourth-order valence-electron chi connectivity index (χ4n) is 2.42. The van der Waals surface area contributed by atoms with Crippen LogP contribution >= 0.6 is 11.3 Å². The number of benzene rings is 1. The molecule has 2 aromatic heterocycles. The van der Waals surface area contributed by atoms with Crippen molar-refractivity contribution in [1.82, 2.24) is 9.97 Å². The van der Waals surface area contributed by atoms with Gasteiger partial charge in [-0.3, -0.25) is 0 Å². The molecule has 2 heterocycles. The molecule has 0 amide bonds. The lowest BCUT2D eigenvalue weighted by atomic mass is 10.0. The van der Waals surface area contributed by atoms with Crippen molar-refractivity contribution in [2.75, 3.05) is 18.5 Å². The summed E-state index contributed by atoms with van der Waals surface area (Å²) in [6.07, 6.45) is 1.57. The molecule has 0 bridgehead atoms. The molecule has 21 heavy (non-hydrogen) atoms. The summed E-state index contributed by atoms with van der Waals surface area (Å²) in [6, 6.07) is 8.49. The summed E-state index contributed by atoms with van der Waals surface area (Å²) in [5, 5.41) is 13.2. The maximum atomic E-state index is 9.02. The van der Waals surface area contributed by atoms with Crippen LogP contribution in [0, 0.1) is 13.8 Å². The Morgan fingerprint density at radius 1 is 1.14 bits per heavy atom. The first-order valence-corrected chi connectivity index (χ1v) is 7.68. The van der Waals surface area contributed by atoms with E-state index in [1.807, 2.05) is 0 Å². The quantitative estimate of drug-likeness (QED) is 0.775. The zero-order valence-electron chi connectivity index (χ0n) is 12.1. The van der Waals surface area contributed by atoms with Crippen molar-refractivity contribution in [2.45, 2.75) is 13.8 Å². The van der Waals surface area contributed by atoms with Gasteiger partial charge in [-0.05, 0) is 19.4 Å². The molecule has 108 valence electrons. The third-order valence-corrected chi connectivity index (χ3v) is 4.42. The number of anilines is 1. The van der Waals surface area contributed by atoms with Crippen LogP contribution in [0.25, 0.3) is 21.3 Å². The van der Waals surface area contributed by atoms with E-state index in [2.05, 4.69) is 53.4 Å². The van der Waals surface area contributed by atoms with Crippen molar-refractivity contribution in [3.63, 3.8) is 0 Å². The zero-order valence-corrected chi connectivity index (χ0v) is 12.9. The van der Waals surface area contributed by atoms with Crippen molar-refractivity contribution in [3.05, 3.63) is 41.0 Å². The number of hydrogen-bond donors (Lipinski definition) is 2. The summed E-state index contributed by atoms with van der Waals surface area (Å²) in [4.78, 5) is 10.9. The predicted octanol–water partition coefficient (Wildman–Crippen LogP) is 3.38. The molecule has 0 saturated carbocycles. The first-order chi connectivity index (χ1) is 10.2. The minimum atomic E-state index is 0.0779. The van der Waals surface area contributed by atoms with Gasteiger partial charge in [0, 0.05) is 17.0 Å². The maximum absolute atomic E-state index is 9.02. The van der Waals surface area contributed by atoms with Crippen molar-refractivity contribution >= 4 is 27.4 Å². The van der Waals surface area contributed by atoms with Crippen molar-refractivity contribution in [2.24, 2.45) is 0 Å². The average Bonchev–Trinajstić information content (AvgIpc) is 2.82. The Hall–Kier alpha value is -1.98. The summed E-state index contributed by atoms with van der Waals surface area (Å²) >= 11 is 1.67. The maximum Gasteiger partial charge on any atom is 0.138 e. The largest absolute Gasteiger partial charge is 0.395 e. The second-order valence-electron chi connectivity index (χ2n) is 4.95. The topological polar surface area (TPSA) is 58.0 Å². The predicted molar refractivity (Wildman–Crippen MR) is 87.9 cm³/mol. The number of nitrogens with one attached hydrogen (secondary N) is 1. The molecule has 0 atom stereocenters. The third-order valence-electron chi connectivity index (χ3n) is 3.41. The van der Waals surface area contributed by atoms with E-state index in [1.165, 1.54) is 21.6 Å². The van der Waals surface area contributed by atoms with Crippen molar-refractivity contribution in [1.29, 1.82) is 0 Å². The average molecular weight is 299 g/mol. The van der Waals surface area contributed by atoms with Gasteiger partial charge in [0.05, 0.1) is 12.0 Å². The van der Waals surface area contributed by atoms with Crippen LogP contribution in [0.4, 0.5) is 5.82 Å². The van der Waals surface area contributed by atoms with Crippen LogP contribution in [0.1, 0.15) is 10.4 Å². The molecule has 3 aromatic rings. The summed E-state index contributed by atoms with van der Waals surface area (Å²) in [5.41, 5.74) is 3.59. The zero-order chi connectivity index (χ0) is 14.8. The number of nitrogens with zero attached hydrogens (tertiary/aromatic N) is 2. The van der Waals surface area contributed by atoms with Gasteiger partial charge in [0.25, 0.3) is 0 Å². The van der Waals surface area contributed by atoms with Gasteiger partial charge in [-0.1, -0.05) is 29.8 Å². The Morgan fingerprint density at radius 3 is 2.62 bits per heavy atom. The molecule has 2 N–H and O–H groups in total. The SMILES string of the molecule is Cc1ccc(-c2c(C)sc3ncnc(NCCO)c23)cc1. The molecule has 0 unspecified atom stereocenters. The minimum Gasteiger partial charge on any atom is -0.395 e. The highest BCUT2D eigenvalue weighted by Gasteiger charge is 2.16. The fraction of sp³-hybridized carbons (Fsp3) is 0.250. The second kappa shape index (κ2) is 5.79. The number of rotatable bonds is 4. The molecular formula is C16H17N3OS. The van der Waals surface area contributed by atoms with Crippen molar-refractivity contribution in [3.8, 4) is 11.1 Å². The standard InChI is InChI=1S/C16H17N3OS/c1-10-3-5-12(6-4-10)13-11(2)21-16-14(13)15(17-7-8-20)18-9-19-16/h3-6,9,20H,7-8H2,1-2H3,(H,17,18,19). The molecular weight excluding hydrogens is 282 g/mol. The van der Waals surface area contributed by atoms with E-state index < -0.39 is 0 Å². The second-order valence-corrected chi connectivity index (χ2v) is 6.16. The highest BCUT2D eigenvalue weighted by atomic mass is 32.1. The number of fused-ring (bicyclic) bond motifs is 1. The Labute approximate surface area is 127 Å². The number of thiophene rings is 1. The molecule has 0 fully saturated rings. The number of aliphatic hydroxyl groups is 1. The van der Waals surface area contributed by atoms with Crippen LogP contribution in [-0.2, 0) is 0 Å². The fourth-order valence-corrected chi connectivity index (χ4v) is 3.43. The summed E-state index contributed by atoms with van der Waals surface area (Å²) in [7, 11) is 0. The number of aromatic nitrogens is 2. The molecule has 0 radical (unpaired) electrons. The summed E-state index contributed by atoms with van der Waals surface area (Å²) < 4.78 is 0. The van der Waals surface area contributed by atoms with Crippen molar-refractivity contribution < 1.29 is 5.11 Å². The number of aliphatic hydroxyl groups excluding tert-OH is 1. The Bertz CT molecular complexity index is 765. The highest BCUT2D eigenvalue weighted by molar-refractivity contribution is 7.19. The van der Waals surface area contributed by atoms with E-state index in [9.17, 15) is 0 Å². The van der Waals surface area contributed by atoms with Gasteiger partial charge < -0.3 is 10.4 Å². The van der Waals surface area contributed by atoms with Crippen LogP contribution in [-0.4, -0.2) is 28.2 Å². The molecule has 0 aliphatic heterocycles. The molecule has 0 spiro atoms. The van der Waals surface area contributed by atoms with Crippen LogP contribution in [0.3, 0.4) is 0 Å². The minimum absolute atomic E-state index is 0.0779. The first kappa shape index (κ1) is 14.0. The first-order valence-electron chi connectivity index (χ1n) is 6.86. The van der Waals surface area contributed by atoms with E-state index in [1.54, 1.807) is 17.7 Å². The van der Waals surface area contributed by atoms with E-state index in [-0.39, 0.29) is 6.61 Å². The van der Waals surface area contributed by atoms with E-state index in [0.717, 1.165) is 16.0 Å². The van der Waals surface area contributed by atoms with Gasteiger partial charge in [-0.2, -0.15) is 0 Å². The number of aryl methyl sites for hydroxylation is 2. The van der Waals surface area contributed by atoms with E-state index in [4.69, 9.17) is 5.11 Å². The van der Waals surface area contributed by atoms with E-state index in [0.29, 0.717) is 6.54 Å². The lowest BCUT2D eigenvalue weighted by Gasteiger charge is -2.08. The van der Waals surface area contributed by atoms with Gasteiger partial charge >= 0.3 is 0 Å². The lowest BCUT2D eigenvalue weighted by Crippen LogP contribution is -2.07. The molecule has 0 aliphatic carbocycles. The van der Waals surface area contributed by atoms with Crippen LogP contribution in [0.15, 0.2) is 30.6 Å². The van der Waals surface area contributed by atoms with Gasteiger partial charge in [0.1, 0.15) is 17.0 Å². The van der Waals surface area contributed by atoms with Crippen LogP contribution < -0.4 is 5.32 Å². The molecule has 1 aromatic carbocycles. The van der Waals surface area contributed by atoms with E-state index >= 15 is 0 Å². The van der Waals surface area contributed by atoms with Crippen LogP contribution in [0.5, 0.6) is 0 Å². The highest BCUT2D eigenvalue weighted by Crippen LogP contribution is 2.40.